The molecule has 26 heavy (non-hydrogen) atoms. The van der Waals surface area contributed by atoms with Gasteiger partial charge in [0.15, 0.2) is 6.61 Å². The number of nitro benzene ring substituents is 1. The van der Waals surface area contributed by atoms with Crippen LogP contribution in [-0.2, 0) is 4.79 Å². The molecular formula is C18H19N3O5. The van der Waals surface area contributed by atoms with Crippen molar-refractivity contribution in [3.63, 3.8) is 0 Å². The molecule has 2 N–H and O–H groups in total. The van der Waals surface area contributed by atoms with E-state index < -0.39 is 16.7 Å². The number of nitrogens with zero attached hydrogens (tertiary/aromatic N) is 1. The van der Waals surface area contributed by atoms with Gasteiger partial charge in [0.25, 0.3) is 17.5 Å². The molecule has 0 saturated carbocycles. The highest BCUT2D eigenvalue weighted by Gasteiger charge is 2.18. The van der Waals surface area contributed by atoms with Crippen molar-refractivity contribution in [1.82, 2.24) is 10.9 Å². The summed E-state index contributed by atoms with van der Waals surface area (Å²) in [5.41, 5.74) is 6.50. The molecule has 0 radical (unpaired) electrons. The van der Waals surface area contributed by atoms with Crippen molar-refractivity contribution in [2.75, 3.05) is 6.61 Å². The minimum atomic E-state index is -0.647. The maximum atomic E-state index is 12.1. The molecule has 8 heteroatoms. The van der Waals surface area contributed by atoms with Crippen LogP contribution in [0.4, 0.5) is 5.69 Å². The molecule has 0 aliphatic rings. The topological polar surface area (TPSA) is 111 Å². The number of nitro groups is 1. The Hall–Kier alpha value is -3.42. The monoisotopic (exact) mass is 357 g/mol. The quantitative estimate of drug-likeness (QED) is 0.630. The molecule has 8 nitrogen and oxygen atoms in total. The van der Waals surface area contributed by atoms with Crippen molar-refractivity contribution >= 4 is 17.5 Å². The van der Waals surface area contributed by atoms with Crippen molar-refractivity contribution in [3.8, 4) is 5.75 Å². The summed E-state index contributed by atoms with van der Waals surface area (Å²) in [7, 11) is 0. The van der Waals surface area contributed by atoms with Gasteiger partial charge < -0.3 is 4.74 Å². The van der Waals surface area contributed by atoms with Gasteiger partial charge in [-0.05, 0) is 44.0 Å². The van der Waals surface area contributed by atoms with Gasteiger partial charge >= 0.3 is 0 Å². The first-order chi connectivity index (χ1) is 12.3. The lowest BCUT2D eigenvalue weighted by Gasteiger charge is -2.11. The molecule has 0 aliphatic heterocycles. The molecule has 0 heterocycles. The Kier molecular flexibility index (Phi) is 5.90. The van der Waals surface area contributed by atoms with Crippen LogP contribution in [-0.4, -0.2) is 23.3 Å². The molecule has 2 aromatic rings. The number of carbonyl (C=O) groups is 2. The second kappa shape index (κ2) is 8.11. The number of nitrogens with one attached hydrogen (secondary N) is 2. The lowest BCUT2D eigenvalue weighted by Crippen LogP contribution is -2.44. The summed E-state index contributed by atoms with van der Waals surface area (Å²) in [5, 5.41) is 10.9. The van der Waals surface area contributed by atoms with Crippen LogP contribution in [0.2, 0.25) is 0 Å². The van der Waals surface area contributed by atoms with E-state index in [-0.39, 0.29) is 23.4 Å². The molecule has 0 spiro atoms. The molecule has 0 atom stereocenters. The zero-order valence-electron chi connectivity index (χ0n) is 14.7. The molecule has 2 aromatic carbocycles. The summed E-state index contributed by atoms with van der Waals surface area (Å²) >= 11 is 0. The van der Waals surface area contributed by atoms with Crippen LogP contribution in [0.3, 0.4) is 0 Å². The predicted molar refractivity (Wildman–Crippen MR) is 94.9 cm³/mol. The smallest absolute Gasteiger partial charge is 0.276 e. The van der Waals surface area contributed by atoms with Crippen molar-refractivity contribution in [1.29, 1.82) is 0 Å². The Morgan fingerprint density at radius 1 is 1.12 bits per heavy atom. The molecule has 2 rings (SSSR count). The highest BCUT2D eigenvalue weighted by Crippen LogP contribution is 2.21. The molecule has 0 bridgehead atoms. The number of rotatable bonds is 5. The van der Waals surface area contributed by atoms with Gasteiger partial charge in [0.05, 0.1) is 10.5 Å². The molecule has 0 fully saturated rings. The lowest BCUT2D eigenvalue weighted by molar-refractivity contribution is -0.385. The zero-order chi connectivity index (χ0) is 19.3. The largest absolute Gasteiger partial charge is 0.483 e. The van der Waals surface area contributed by atoms with Gasteiger partial charge in [-0.25, -0.2) is 0 Å². The Morgan fingerprint density at radius 3 is 2.54 bits per heavy atom. The summed E-state index contributed by atoms with van der Waals surface area (Å²) in [4.78, 5) is 34.3. The van der Waals surface area contributed by atoms with E-state index in [0.717, 1.165) is 11.1 Å². The summed E-state index contributed by atoms with van der Waals surface area (Å²) in [5.74, 6) is -0.616. The molecule has 136 valence electrons. The third-order valence-corrected chi connectivity index (χ3v) is 3.76. The second-order valence-corrected chi connectivity index (χ2v) is 5.77. The fourth-order valence-electron chi connectivity index (χ4n) is 2.30. The average molecular weight is 357 g/mol. The van der Waals surface area contributed by atoms with E-state index in [0.29, 0.717) is 5.75 Å². The number of aryl methyl sites for hydroxylation is 2. The molecule has 0 unspecified atom stereocenters. The number of hydrogen-bond donors (Lipinski definition) is 2. The zero-order valence-corrected chi connectivity index (χ0v) is 14.7. The number of hydrazine groups is 1. The van der Waals surface area contributed by atoms with Crippen molar-refractivity contribution in [2.45, 2.75) is 20.8 Å². The fourth-order valence-corrected chi connectivity index (χ4v) is 2.30. The van der Waals surface area contributed by atoms with E-state index in [9.17, 15) is 19.7 Å². The van der Waals surface area contributed by atoms with Crippen LogP contribution in [0.25, 0.3) is 0 Å². The SMILES string of the molecule is Cc1ccc(C)c(OCC(=O)NNC(=O)c2cccc([N+](=O)[O-])c2C)c1. The minimum Gasteiger partial charge on any atom is -0.483 e. The Labute approximate surface area is 150 Å². The van der Waals surface area contributed by atoms with E-state index in [1.54, 1.807) is 0 Å². The van der Waals surface area contributed by atoms with Gasteiger partial charge in [-0.3, -0.25) is 30.6 Å². The maximum absolute atomic E-state index is 12.1. The standard InChI is InChI=1S/C18H19N3O5/c1-11-7-8-12(2)16(9-11)26-10-17(22)19-20-18(23)14-5-4-6-15(13(14)3)21(24)25/h4-9H,10H2,1-3H3,(H,19,22)(H,20,23). The first-order valence-corrected chi connectivity index (χ1v) is 7.83. The van der Waals surface area contributed by atoms with Crippen LogP contribution in [0.5, 0.6) is 5.75 Å². The van der Waals surface area contributed by atoms with Gasteiger partial charge in [0.2, 0.25) is 0 Å². The van der Waals surface area contributed by atoms with E-state index >= 15 is 0 Å². The Balaban J connectivity index is 1.93. The normalized spacial score (nSPS) is 10.1. The van der Waals surface area contributed by atoms with Gasteiger partial charge in [0, 0.05) is 11.6 Å². The van der Waals surface area contributed by atoms with E-state index in [1.165, 1.54) is 25.1 Å². The number of carbonyl (C=O) groups excluding carboxylic acids is 2. The van der Waals surface area contributed by atoms with Gasteiger partial charge in [0.1, 0.15) is 5.75 Å². The van der Waals surface area contributed by atoms with Gasteiger partial charge in [-0.15, -0.1) is 0 Å². The van der Waals surface area contributed by atoms with Crippen LogP contribution < -0.4 is 15.6 Å². The highest BCUT2D eigenvalue weighted by atomic mass is 16.6. The summed E-state index contributed by atoms with van der Waals surface area (Å²) in [6.45, 7) is 4.96. The summed E-state index contributed by atoms with van der Waals surface area (Å²) < 4.78 is 5.44. The first kappa shape index (κ1) is 18.9. The van der Waals surface area contributed by atoms with Crippen LogP contribution in [0.15, 0.2) is 36.4 Å². The van der Waals surface area contributed by atoms with Gasteiger partial charge in [-0.2, -0.15) is 0 Å². The van der Waals surface area contributed by atoms with Crippen molar-refractivity contribution < 1.29 is 19.2 Å². The Bertz CT molecular complexity index is 864. The van der Waals surface area contributed by atoms with Crippen LogP contribution in [0, 0.1) is 30.9 Å². The lowest BCUT2D eigenvalue weighted by atomic mass is 10.1. The molecule has 2 amide bonds. The Morgan fingerprint density at radius 2 is 1.85 bits per heavy atom. The molecule has 0 aliphatic carbocycles. The van der Waals surface area contributed by atoms with E-state index in [4.69, 9.17) is 4.74 Å². The third-order valence-electron chi connectivity index (χ3n) is 3.76. The summed E-state index contributed by atoms with van der Waals surface area (Å²) in [6, 6.07) is 9.79. The summed E-state index contributed by atoms with van der Waals surface area (Å²) in [6.07, 6.45) is 0. The maximum Gasteiger partial charge on any atom is 0.276 e. The van der Waals surface area contributed by atoms with E-state index in [1.807, 2.05) is 32.0 Å². The second-order valence-electron chi connectivity index (χ2n) is 5.77. The average Bonchev–Trinajstić information content (AvgIpc) is 2.60. The molecule has 0 aromatic heterocycles. The van der Waals surface area contributed by atoms with E-state index in [2.05, 4.69) is 10.9 Å². The first-order valence-electron chi connectivity index (χ1n) is 7.83. The predicted octanol–water partition coefficient (Wildman–Crippen LogP) is 2.36. The third kappa shape index (κ3) is 4.56. The number of benzene rings is 2. The van der Waals surface area contributed by atoms with Crippen molar-refractivity contribution in [3.05, 3.63) is 68.8 Å². The fraction of sp³-hybridized carbons (Fsp3) is 0.222. The highest BCUT2D eigenvalue weighted by molar-refractivity contribution is 5.97. The number of hydrogen-bond acceptors (Lipinski definition) is 5. The number of ether oxygens (including phenoxy) is 1. The number of amides is 2. The minimum absolute atomic E-state index is 0.106. The molecular weight excluding hydrogens is 338 g/mol. The van der Waals surface area contributed by atoms with Gasteiger partial charge in [-0.1, -0.05) is 18.2 Å². The van der Waals surface area contributed by atoms with Crippen LogP contribution in [0.1, 0.15) is 27.0 Å². The molecule has 0 saturated heterocycles. The van der Waals surface area contributed by atoms with Crippen molar-refractivity contribution in [2.24, 2.45) is 0 Å². The van der Waals surface area contributed by atoms with Crippen LogP contribution >= 0.6 is 0 Å².